The van der Waals surface area contributed by atoms with E-state index in [1.165, 1.54) is 35.1 Å². The van der Waals surface area contributed by atoms with Gasteiger partial charge in [-0.15, -0.1) is 0 Å². The van der Waals surface area contributed by atoms with E-state index in [-0.39, 0.29) is 48.4 Å². The number of piperidine rings is 1. The van der Waals surface area contributed by atoms with E-state index in [0.29, 0.717) is 42.4 Å². The number of halogens is 1. The lowest BCUT2D eigenvalue weighted by Gasteiger charge is -2.30. The van der Waals surface area contributed by atoms with E-state index in [2.05, 4.69) is 5.32 Å². The molecule has 0 aromatic heterocycles. The minimum Gasteiger partial charge on any atom is -0.485 e. The molecule has 3 heterocycles. The van der Waals surface area contributed by atoms with Gasteiger partial charge in [0.15, 0.2) is 5.75 Å². The second-order valence-electron chi connectivity index (χ2n) is 10.7. The average molecular weight is 604 g/mol. The molecule has 11 nitrogen and oxygen atoms in total. The van der Waals surface area contributed by atoms with Crippen molar-refractivity contribution in [3.63, 3.8) is 0 Å². The maximum absolute atomic E-state index is 14.0. The van der Waals surface area contributed by atoms with Crippen LogP contribution in [-0.4, -0.2) is 61.2 Å². The molecule has 12 heteroatoms. The van der Waals surface area contributed by atoms with Crippen LogP contribution in [0.4, 0.5) is 20.6 Å². The highest BCUT2D eigenvalue weighted by Gasteiger charge is 2.42. The Morgan fingerprint density at radius 1 is 1.05 bits per heavy atom. The Labute approximate surface area is 252 Å². The maximum atomic E-state index is 14.0. The van der Waals surface area contributed by atoms with Gasteiger partial charge < -0.3 is 23.8 Å². The largest absolute Gasteiger partial charge is 0.485 e. The van der Waals surface area contributed by atoms with Crippen LogP contribution in [0.1, 0.15) is 41.6 Å². The highest BCUT2D eigenvalue weighted by molar-refractivity contribution is 6.09. The van der Waals surface area contributed by atoms with Crippen LogP contribution in [0.3, 0.4) is 0 Å². The molecule has 2 fully saturated rings. The number of carbonyl (C=O) groups excluding carboxylic acids is 4. The molecule has 0 radical (unpaired) electrons. The van der Waals surface area contributed by atoms with Crippen LogP contribution in [0.25, 0.3) is 0 Å². The van der Waals surface area contributed by atoms with E-state index >= 15 is 0 Å². The summed E-state index contributed by atoms with van der Waals surface area (Å²) in [7, 11) is 1.25. The lowest BCUT2D eigenvalue weighted by atomic mass is 10.0. The fourth-order valence-corrected chi connectivity index (χ4v) is 5.64. The SMILES string of the molecule is COC(=O)N(c1ccc(Oc2cccc(F)c2)cc1)c1ccc2c(c1O[C@@H]1CCCOC1)C(=O)N(C1CCC(=O)NC1=O)C2. The molecule has 228 valence electrons. The summed E-state index contributed by atoms with van der Waals surface area (Å²) >= 11 is 0. The number of anilines is 2. The van der Waals surface area contributed by atoms with Crippen molar-refractivity contribution in [1.29, 1.82) is 0 Å². The average Bonchev–Trinajstić information content (AvgIpc) is 3.35. The van der Waals surface area contributed by atoms with Gasteiger partial charge in [-0.3, -0.25) is 19.7 Å². The van der Waals surface area contributed by atoms with Gasteiger partial charge in [-0.2, -0.15) is 0 Å². The van der Waals surface area contributed by atoms with Gasteiger partial charge in [0.25, 0.3) is 5.91 Å². The number of hydrogen-bond acceptors (Lipinski definition) is 8. The minimum atomic E-state index is -0.816. The van der Waals surface area contributed by atoms with E-state index < -0.39 is 29.8 Å². The summed E-state index contributed by atoms with van der Waals surface area (Å²) in [6, 6.07) is 14.8. The number of rotatable bonds is 7. The smallest absolute Gasteiger partial charge is 0.418 e. The Morgan fingerprint density at radius 3 is 2.57 bits per heavy atom. The predicted molar refractivity (Wildman–Crippen MR) is 154 cm³/mol. The minimum absolute atomic E-state index is 0.125. The number of amides is 4. The highest BCUT2D eigenvalue weighted by atomic mass is 19.1. The molecule has 0 saturated carbocycles. The molecule has 2 atom stereocenters. The van der Waals surface area contributed by atoms with E-state index in [0.717, 1.165) is 6.42 Å². The van der Waals surface area contributed by atoms with Crippen molar-refractivity contribution >= 4 is 35.2 Å². The summed E-state index contributed by atoms with van der Waals surface area (Å²) in [5.41, 5.74) is 1.51. The summed E-state index contributed by atoms with van der Waals surface area (Å²) in [4.78, 5) is 54.4. The fraction of sp³-hybridized carbons (Fsp3) is 0.312. The Morgan fingerprint density at radius 2 is 1.86 bits per heavy atom. The summed E-state index contributed by atoms with van der Waals surface area (Å²) in [6.45, 7) is 1.04. The first-order valence-electron chi connectivity index (χ1n) is 14.3. The Balaban J connectivity index is 1.38. The Kier molecular flexibility index (Phi) is 8.16. The van der Waals surface area contributed by atoms with Crippen LogP contribution >= 0.6 is 0 Å². The van der Waals surface area contributed by atoms with Gasteiger partial charge >= 0.3 is 6.09 Å². The number of nitrogens with zero attached hydrogens (tertiary/aromatic N) is 2. The third-order valence-electron chi connectivity index (χ3n) is 7.75. The summed E-state index contributed by atoms with van der Waals surface area (Å²) < 4.78 is 36.6. The molecule has 3 aromatic rings. The Hall–Kier alpha value is -4.97. The number of methoxy groups -OCH3 is 1. The Bertz CT molecular complexity index is 1610. The number of nitrogens with one attached hydrogen (secondary N) is 1. The third kappa shape index (κ3) is 5.80. The molecule has 0 aliphatic carbocycles. The van der Waals surface area contributed by atoms with E-state index in [9.17, 15) is 23.6 Å². The number of carbonyl (C=O) groups is 4. The van der Waals surface area contributed by atoms with E-state index in [1.807, 2.05) is 0 Å². The molecule has 1 N–H and O–H groups in total. The monoisotopic (exact) mass is 603 g/mol. The summed E-state index contributed by atoms with van der Waals surface area (Å²) in [5, 5.41) is 2.31. The van der Waals surface area contributed by atoms with E-state index in [4.69, 9.17) is 18.9 Å². The zero-order chi connectivity index (χ0) is 30.8. The van der Waals surface area contributed by atoms with Crippen LogP contribution in [0.2, 0.25) is 0 Å². The molecule has 3 aliphatic heterocycles. The lowest BCUT2D eigenvalue weighted by Crippen LogP contribution is -2.52. The molecule has 44 heavy (non-hydrogen) atoms. The first kappa shape index (κ1) is 29.1. The topological polar surface area (TPSA) is 124 Å². The highest BCUT2D eigenvalue weighted by Crippen LogP contribution is 2.44. The van der Waals surface area contributed by atoms with Crippen molar-refractivity contribution in [2.24, 2.45) is 0 Å². The second kappa shape index (κ2) is 12.3. The first-order chi connectivity index (χ1) is 21.3. The first-order valence-corrected chi connectivity index (χ1v) is 14.3. The molecular weight excluding hydrogens is 573 g/mol. The molecule has 0 spiro atoms. The molecule has 2 saturated heterocycles. The van der Waals surface area contributed by atoms with Crippen molar-refractivity contribution in [1.82, 2.24) is 10.2 Å². The van der Waals surface area contributed by atoms with Gasteiger partial charge in [0.1, 0.15) is 29.5 Å². The standard InChI is InChI=1S/C32H30FN3O8/c1-41-32(40)36(21-8-10-22(11-9-21)43-23-5-2-4-20(33)16-23)25-12-7-19-17-35(26-13-14-27(37)34-30(26)38)31(39)28(19)29(25)44-24-6-3-15-42-18-24/h2,4-5,7-12,16,24,26H,3,6,13-15,17-18H2,1H3,(H,34,37,38)/t24-,26?/m1/s1. The molecule has 4 amide bonds. The molecule has 6 rings (SSSR count). The number of benzene rings is 3. The van der Waals surface area contributed by atoms with Gasteiger partial charge in [-0.1, -0.05) is 12.1 Å². The third-order valence-corrected chi connectivity index (χ3v) is 7.75. The fourth-order valence-electron chi connectivity index (χ4n) is 5.64. The number of hydrogen-bond donors (Lipinski definition) is 1. The van der Waals surface area contributed by atoms with Gasteiger partial charge in [-0.25, -0.2) is 14.1 Å². The lowest BCUT2D eigenvalue weighted by molar-refractivity contribution is -0.136. The molecule has 0 bridgehead atoms. The maximum Gasteiger partial charge on any atom is 0.418 e. The van der Waals surface area contributed by atoms with Crippen molar-refractivity contribution in [3.05, 3.63) is 77.6 Å². The van der Waals surface area contributed by atoms with Gasteiger partial charge in [0.05, 0.1) is 30.7 Å². The van der Waals surface area contributed by atoms with Crippen molar-refractivity contribution in [3.8, 4) is 17.2 Å². The molecular formula is C32H30FN3O8. The van der Waals surface area contributed by atoms with Crippen LogP contribution in [0.5, 0.6) is 17.2 Å². The van der Waals surface area contributed by atoms with Crippen LogP contribution in [0.15, 0.2) is 60.7 Å². The van der Waals surface area contributed by atoms with Crippen LogP contribution < -0.4 is 19.7 Å². The second-order valence-corrected chi connectivity index (χ2v) is 10.7. The predicted octanol–water partition coefficient (Wildman–Crippen LogP) is 4.84. The number of imide groups is 1. The molecule has 1 unspecified atom stereocenters. The van der Waals surface area contributed by atoms with Gasteiger partial charge in [0, 0.05) is 25.6 Å². The van der Waals surface area contributed by atoms with E-state index in [1.54, 1.807) is 42.5 Å². The van der Waals surface area contributed by atoms with Crippen molar-refractivity contribution < 1.29 is 42.5 Å². The zero-order valence-electron chi connectivity index (χ0n) is 23.9. The normalized spacial score (nSPS) is 19.7. The zero-order valence-corrected chi connectivity index (χ0v) is 23.9. The summed E-state index contributed by atoms with van der Waals surface area (Å²) in [6.07, 6.45) is 0.660. The molecule has 3 aromatic carbocycles. The summed E-state index contributed by atoms with van der Waals surface area (Å²) in [5.74, 6) is -0.888. The molecule has 3 aliphatic rings. The van der Waals surface area contributed by atoms with Crippen molar-refractivity contribution in [2.45, 2.75) is 44.4 Å². The van der Waals surface area contributed by atoms with Crippen LogP contribution in [-0.2, 0) is 25.6 Å². The quantitative estimate of drug-likeness (QED) is 0.381. The van der Waals surface area contributed by atoms with Gasteiger partial charge in [-0.05, 0) is 67.3 Å². The van der Waals surface area contributed by atoms with Gasteiger partial charge in [0.2, 0.25) is 11.8 Å². The number of ether oxygens (including phenoxy) is 4. The van der Waals surface area contributed by atoms with Crippen LogP contribution in [0, 0.1) is 5.82 Å². The van der Waals surface area contributed by atoms with Crippen molar-refractivity contribution in [2.75, 3.05) is 25.2 Å². The number of fused-ring (bicyclic) bond motifs is 1.